The SMILES string of the molecule is CC(=O)Nc1cccc(-c2ccc(CN3CCC(N(C)C)C3)cc2)c1. The van der Waals surface area contributed by atoms with Gasteiger partial charge in [-0.05, 0) is 49.3 Å². The number of amides is 1. The number of nitrogens with one attached hydrogen (secondary N) is 1. The van der Waals surface area contributed by atoms with E-state index in [-0.39, 0.29) is 5.91 Å². The summed E-state index contributed by atoms with van der Waals surface area (Å²) in [7, 11) is 4.33. The average molecular weight is 337 g/mol. The van der Waals surface area contributed by atoms with Gasteiger partial charge in [0.25, 0.3) is 0 Å². The smallest absolute Gasteiger partial charge is 0.221 e. The van der Waals surface area contributed by atoms with Crippen molar-refractivity contribution in [3.63, 3.8) is 0 Å². The number of carbonyl (C=O) groups excluding carboxylic acids is 1. The fraction of sp³-hybridized carbons (Fsp3) is 0.381. The monoisotopic (exact) mass is 337 g/mol. The van der Waals surface area contributed by atoms with Crippen molar-refractivity contribution in [3.05, 3.63) is 54.1 Å². The third-order valence-electron chi connectivity index (χ3n) is 4.85. The van der Waals surface area contributed by atoms with Crippen LogP contribution in [0.2, 0.25) is 0 Å². The molecule has 1 atom stereocenters. The van der Waals surface area contributed by atoms with E-state index in [0.717, 1.165) is 24.3 Å². The number of carbonyl (C=O) groups is 1. The van der Waals surface area contributed by atoms with Gasteiger partial charge in [0.2, 0.25) is 5.91 Å². The highest BCUT2D eigenvalue weighted by Crippen LogP contribution is 2.24. The lowest BCUT2D eigenvalue weighted by Gasteiger charge is -2.20. The Hall–Kier alpha value is -2.17. The van der Waals surface area contributed by atoms with Gasteiger partial charge in [0.1, 0.15) is 0 Å². The second-order valence-electron chi connectivity index (χ2n) is 7.10. The molecule has 132 valence electrons. The Morgan fingerprint density at radius 3 is 2.56 bits per heavy atom. The molecule has 4 heteroatoms. The van der Waals surface area contributed by atoms with Crippen LogP contribution in [0.4, 0.5) is 5.69 Å². The molecule has 0 saturated carbocycles. The van der Waals surface area contributed by atoms with Crippen LogP contribution in [0, 0.1) is 0 Å². The summed E-state index contributed by atoms with van der Waals surface area (Å²) in [5.74, 6) is -0.0471. The lowest BCUT2D eigenvalue weighted by Crippen LogP contribution is -2.31. The number of rotatable bonds is 5. The zero-order valence-electron chi connectivity index (χ0n) is 15.3. The Morgan fingerprint density at radius 1 is 1.16 bits per heavy atom. The molecule has 1 unspecified atom stereocenters. The maximum Gasteiger partial charge on any atom is 0.221 e. The highest BCUT2D eigenvalue weighted by Gasteiger charge is 2.23. The van der Waals surface area contributed by atoms with Gasteiger partial charge in [-0.1, -0.05) is 36.4 Å². The lowest BCUT2D eigenvalue weighted by atomic mass is 10.0. The first-order valence-corrected chi connectivity index (χ1v) is 8.87. The number of hydrogen-bond donors (Lipinski definition) is 1. The van der Waals surface area contributed by atoms with E-state index >= 15 is 0 Å². The molecule has 1 saturated heterocycles. The zero-order chi connectivity index (χ0) is 17.8. The molecule has 1 N–H and O–H groups in total. The van der Waals surface area contributed by atoms with Gasteiger partial charge in [-0.3, -0.25) is 9.69 Å². The van der Waals surface area contributed by atoms with Crippen LogP contribution >= 0.6 is 0 Å². The van der Waals surface area contributed by atoms with Gasteiger partial charge in [0.05, 0.1) is 0 Å². The van der Waals surface area contributed by atoms with E-state index in [1.807, 2.05) is 18.2 Å². The van der Waals surface area contributed by atoms with Crippen molar-refractivity contribution in [1.82, 2.24) is 9.80 Å². The Labute approximate surface area is 150 Å². The predicted molar refractivity (Wildman–Crippen MR) is 104 cm³/mol. The molecular formula is C21H27N3O. The van der Waals surface area contributed by atoms with E-state index in [1.165, 1.54) is 31.0 Å². The number of hydrogen-bond acceptors (Lipinski definition) is 3. The van der Waals surface area contributed by atoms with Crippen LogP contribution in [0.1, 0.15) is 18.9 Å². The van der Waals surface area contributed by atoms with Gasteiger partial charge in [0.15, 0.2) is 0 Å². The molecule has 1 aliphatic rings. The second-order valence-corrected chi connectivity index (χ2v) is 7.10. The minimum Gasteiger partial charge on any atom is -0.326 e. The van der Waals surface area contributed by atoms with E-state index in [4.69, 9.17) is 0 Å². The fourth-order valence-corrected chi connectivity index (χ4v) is 3.42. The van der Waals surface area contributed by atoms with Crippen molar-refractivity contribution in [1.29, 1.82) is 0 Å². The van der Waals surface area contributed by atoms with Gasteiger partial charge in [-0.25, -0.2) is 0 Å². The van der Waals surface area contributed by atoms with Crippen LogP contribution in [0.25, 0.3) is 11.1 Å². The maximum absolute atomic E-state index is 11.2. The van der Waals surface area contributed by atoms with Crippen molar-refractivity contribution >= 4 is 11.6 Å². The van der Waals surface area contributed by atoms with Crippen LogP contribution < -0.4 is 5.32 Å². The zero-order valence-corrected chi connectivity index (χ0v) is 15.3. The molecule has 2 aromatic carbocycles. The van der Waals surface area contributed by atoms with Gasteiger partial charge in [0, 0.05) is 38.3 Å². The van der Waals surface area contributed by atoms with E-state index < -0.39 is 0 Å². The average Bonchev–Trinajstić information content (AvgIpc) is 3.04. The molecule has 1 aliphatic heterocycles. The summed E-state index contributed by atoms with van der Waals surface area (Å²) < 4.78 is 0. The van der Waals surface area contributed by atoms with E-state index in [9.17, 15) is 4.79 Å². The normalized spacial score (nSPS) is 17.8. The van der Waals surface area contributed by atoms with Crippen LogP contribution in [0.5, 0.6) is 0 Å². The van der Waals surface area contributed by atoms with Crippen molar-refractivity contribution in [3.8, 4) is 11.1 Å². The van der Waals surface area contributed by atoms with Crippen molar-refractivity contribution in [2.45, 2.75) is 25.9 Å². The van der Waals surface area contributed by atoms with Crippen LogP contribution in [-0.2, 0) is 11.3 Å². The largest absolute Gasteiger partial charge is 0.326 e. The fourth-order valence-electron chi connectivity index (χ4n) is 3.42. The summed E-state index contributed by atoms with van der Waals surface area (Å²) in [5.41, 5.74) is 4.47. The molecule has 2 aromatic rings. The van der Waals surface area contributed by atoms with E-state index in [0.29, 0.717) is 6.04 Å². The Bertz CT molecular complexity index is 724. The summed E-state index contributed by atoms with van der Waals surface area (Å²) in [5, 5.41) is 2.84. The summed E-state index contributed by atoms with van der Waals surface area (Å²) >= 11 is 0. The molecule has 1 heterocycles. The molecule has 3 rings (SSSR count). The number of anilines is 1. The molecule has 4 nitrogen and oxygen atoms in total. The van der Waals surface area contributed by atoms with Crippen molar-refractivity contribution < 1.29 is 4.79 Å². The van der Waals surface area contributed by atoms with Crippen molar-refractivity contribution in [2.24, 2.45) is 0 Å². The molecule has 0 bridgehead atoms. The minimum absolute atomic E-state index is 0.0471. The molecular weight excluding hydrogens is 310 g/mol. The maximum atomic E-state index is 11.2. The number of benzene rings is 2. The summed E-state index contributed by atoms with van der Waals surface area (Å²) in [6.45, 7) is 4.86. The third-order valence-corrected chi connectivity index (χ3v) is 4.85. The highest BCUT2D eigenvalue weighted by molar-refractivity contribution is 5.89. The minimum atomic E-state index is -0.0471. The highest BCUT2D eigenvalue weighted by atomic mass is 16.1. The quantitative estimate of drug-likeness (QED) is 0.908. The lowest BCUT2D eigenvalue weighted by molar-refractivity contribution is -0.114. The molecule has 0 aliphatic carbocycles. The van der Waals surface area contributed by atoms with Gasteiger partial charge in [-0.2, -0.15) is 0 Å². The number of nitrogens with zero attached hydrogens (tertiary/aromatic N) is 2. The van der Waals surface area contributed by atoms with Crippen LogP contribution in [0.3, 0.4) is 0 Å². The van der Waals surface area contributed by atoms with E-state index in [2.05, 4.69) is 59.5 Å². The molecule has 1 fully saturated rings. The first kappa shape index (κ1) is 17.6. The summed E-state index contributed by atoms with van der Waals surface area (Å²) in [6.07, 6.45) is 1.25. The summed E-state index contributed by atoms with van der Waals surface area (Å²) in [6, 6.07) is 17.4. The third kappa shape index (κ3) is 4.68. The van der Waals surface area contributed by atoms with Crippen LogP contribution in [-0.4, -0.2) is 48.9 Å². The molecule has 25 heavy (non-hydrogen) atoms. The molecule has 1 amide bonds. The van der Waals surface area contributed by atoms with E-state index in [1.54, 1.807) is 0 Å². The standard InChI is InChI=1S/C21H27N3O/c1-16(25)22-20-6-4-5-19(13-20)18-9-7-17(8-10-18)14-24-12-11-21(15-24)23(2)3/h4-10,13,21H,11-12,14-15H2,1-3H3,(H,22,25). The Kier molecular flexibility index (Phi) is 5.51. The van der Waals surface area contributed by atoms with Gasteiger partial charge < -0.3 is 10.2 Å². The molecule has 0 spiro atoms. The van der Waals surface area contributed by atoms with Gasteiger partial charge in [-0.15, -0.1) is 0 Å². The van der Waals surface area contributed by atoms with Crippen molar-refractivity contribution in [2.75, 3.05) is 32.5 Å². The summed E-state index contributed by atoms with van der Waals surface area (Å²) in [4.78, 5) is 16.1. The predicted octanol–water partition coefficient (Wildman–Crippen LogP) is 3.45. The topological polar surface area (TPSA) is 35.6 Å². The van der Waals surface area contributed by atoms with Crippen LogP contribution in [0.15, 0.2) is 48.5 Å². The Morgan fingerprint density at radius 2 is 1.92 bits per heavy atom. The molecule has 0 radical (unpaired) electrons. The number of likely N-dealkylation sites (tertiary alicyclic amines) is 1. The van der Waals surface area contributed by atoms with Gasteiger partial charge >= 0.3 is 0 Å². The Balaban J connectivity index is 1.65. The first-order chi connectivity index (χ1) is 12.0. The second kappa shape index (κ2) is 7.81. The first-order valence-electron chi connectivity index (χ1n) is 8.87. The number of likely N-dealkylation sites (N-methyl/N-ethyl adjacent to an activating group) is 1. The molecule has 0 aromatic heterocycles.